The van der Waals surface area contributed by atoms with E-state index in [0.717, 1.165) is 5.69 Å². The predicted molar refractivity (Wildman–Crippen MR) is 115 cm³/mol. The summed E-state index contributed by atoms with van der Waals surface area (Å²) >= 11 is 0. The molecule has 0 aliphatic heterocycles. The van der Waals surface area contributed by atoms with E-state index in [-0.39, 0.29) is 29.6 Å². The van der Waals surface area contributed by atoms with Crippen LogP contribution >= 0.6 is 0 Å². The van der Waals surface area contributed by atoms with Gasteiger partial charge in [0.15, 0.2) is 11.6 Å². The lowest BCUT2D eigenvalue weighted by molar-refractivity contribution is -0.114. The van der Waals surface area contributed by atoms with Crippen LogP contribution in [0.25, 0.3) is 0 Å². The molecule has 3 aromatic rings. The smallest absolute Gasteiger partial charge is 0.243 e. The Morgan fingerprint density at radius 1 is 0.867 bits per heavy atom. The third-order valence-corrected chi connectivity index (χ3v) is 5.10. The van der Waals surface area contributed by atoms with Gasteiger partial charge in [-0.2, -0.15) is 0 Å². The number of nitrogens with one attached hydrogen (secondary N) is 1. The molecule has 0 aromatic heterocycles. The largest absolute Gasteiger partial charge is 0.495 e. The van der Waals surface area contributed by atoms with E-state index >= 15 is 0 Å². The Balaban J connectivity index is 1.60. The van der Waals surface area contributed by atoms with E-state index in [9.17, 15) is 14.4 Å². The lowest BCUT2D eigenvalue weighted by atomic mass is 9.83. The van der Waals surface area contributed by atoms with Crippen molar-refractivity contribution in [1.29, 1.82) is 0 Å². The van der Waals surface area contributed by atoms with Crippen LogP contribution in [-0.4, -0.2) is 38.2 Å². The Hall–Kier alpha value is -3.93. The fourth-order valence-corrected chi connectivity index (χ4v) is 3.68. The van der Waals surface area contributed by atoms with Gasteiger partial charge in [-0.15, -0.1) is 0 Å². The Morgan fingerprint density at radius 3 is 2.23 bits per heavy atom. The number of methoxy groups -OCH3 is 1. The molecule has 30 heavy (non-hydrogen) atoms. The lowest BCUT2D eigenvalue weighted by Crippen LogP contribution is -2.31. The first-order chi connectivity index (χ1) is 14.5. The van der Waals surface area contributed by atoms with Gasteiger partial charge in [-0.1, -0.05) is 48.5 Å². The molecule has 0 saturated heterocycles. The molecule has 0 spiro atoms. The molecule has 0 saturated carbocycles. The lowest BCUT2D eigenvalue weighted by Gasteiger charge is -2.23. The van der Waals surface area contributed by atoms with Crippen LogP contribution in [0, 0.1) is 0 Å². The molecule has 0 fully saturated rings. The number of likely N-dealkylation sites (N-methyl/N-ethyl adjacent to an activating group) is 1. The molecular formula is C24H20N2O4. The van der Waals surface area contributed by atoms with E-state index in [1.54, 1.807) is 61.5 Å². The summed E-state index contributed by atoms with van der Waals surface area (Å²) in [5.41, 5.74) is 2.37. The van der Waals surface area contributed by atoms with Gasteiger partial charge in [-0.05, 0) is 18.2 Å². The van der Waals surface area contributed by atoms with Crippen molar-refractivity contribution in [3.8, 4) is 5.75 Å². The summed E-state index contributed by atoms with van der Waals surface area (Å²) in [4.78, 5) is 40.4. The molecule has 0 unspecified atom stereocenters. The van der Waals surface area contributed by atoms with Gasteiger partial charge in [0.05, 0.1) is 30.6 Å². The van der Waals surface area contributed by atoms with Crippen LogP contribution < -0.4 is 15.0 Å². The van der Waals surface area contributed by atoms with Crippen LogP contribution in [0.4, 0.5) is 11.4 Å². The summed E-state index contributed by atoms with van der Waals surface area (Å²) in [6.07, 6.45) is 0. The van der Waals surface area contributed by atoms with Gasteiger partial charge in [0, 0.05) is 23.7 Å². The number of amides is 1. The molecule has 150 valence electrons. The van der Waals surface area contributed by atoms with Crippen molar-refractivity contribution in [1.82, 2.24) is 0 Å². The van der Waals surface area contributed by atoms with Gasteiger partial charge < -0.3 is 15.0 Å². The van der Waals surface area contributed by atoms with E-state index in [0.29, 0.717) is 28.1 Å². The van der Waals surface area contributed by atoms with E-state index in [4.69, 9.17) is 4.74 Å². The van der Waals surface area contributed by atoms with Crippen molar-refractivity contribution in [2.45, 2.75) is 0 Å². The van der Waals surface area contributed by atoms with Gasteiger partial charge >= 0.3 is 0 Å². The van der Waals surface area contributed by atoms with Crippen molar-refractivity contribution in [3.63, 3.8) is 0 Å². The van der Waals surface area contributed by atoms with Gasteiger partial charge in [0.2, 0.25) is 5.91 Å². The highest BCUT2D eigenvalue weighted by molar-refractivity contribution is 6.30. The first-order valence-corrected chi connectivity index (χ1v) is 9.46. The van der Waals surface area contributed by atoms with Crippen LogP contribution in [0.3, 0.4) is 0 Å². The number of benzene rings is 3. The minimum atomic E-state index is -0.309. The van der Waals surface area contributed by atoms with E-state index < -0.39 is 0 Å². The Morgan fingerprint density at radius 2 is 1.50 bits per heavy atom. The summed E-state index contributed by atoms with van der Waals surface area (Å²) in [5, 5.41) is 2.80. The first-order valence-electron chi connectivity index (χ1n) is 9.46. The number of ketones is 2. The highest BCUT2D eigenvalue weighted by atomic mass is 16.5. The standard InChI is InChI=1S/C24H20N2O4/c1-26(19-12-5-6-13-20(19)30-2)14-21(27)25-18-11-7-10-17-22(18)24(29)16-9-4-3-8-15(16)23(17)28/h3-13H,14H2,1-2H3,(H,25,27). The minimum absolute atomic E-state index is 0.0444. The molecule has 1 aliphatic rings. The van der Waals surface area contributed by atoms with Crippen LogP contribution in [0.1, 0.15) is 31.8 Å². The van der Waals surface area contributed by atoms with E-state index in [1.165, 1.54) is 0 Å². The number of fused-ring (bicyclic) bond motifs is 2. The Labute approximate surface area is 174 Å². The second-order valence-corrected chi connectivity index (χ2v) is 7.01. The monoisotopic (exact) mass is 400 g/mol. The maximum absolute atomic E-state index is 13.1. The average Bonchev–Trinajstić information content (AvgIpc) is 2.77. The molecular weight excluding hydrogens is 380 g/mol. The Kier molecular flexibility index (Phi) is 5.06. The summed E-state index contributed by atoms with van der Waals surface area (Å²) in [6, 6.07) is 19.0. The number of rotatable bonds is 5. The average molecular weight is 400 g/mol. The zero-order valence-electron chi connectivity index (χ0n) is 16.6. The maximum atomic E-state index is 13.1. The number of anilines is 2. The van der Waals surface area contributed by atoms with Crippen molar-refractivity contribution >= 4 is 28.8 Å². The summed E-state index contributed by atoms with van der Waals surface area (Å²) in [5.74, 6) is -0.144. The number of hydrogen-bond acceptors (Lipinski definition) is 5. The summed E-state index contributed by atoms with van der Waals surface area (Å²) < 4.78 is 5.34. The van der Waals surface area contributed by atoms with Gasteiger partial charge in [0.25, 0.3) is 0 Å². The molecule has 0 bridgehead atoms. The van der Waals surface area contributed by atoms with Crippen LogP contribution in [-0.2, 0) is 4.79 Å². The molecule has 3 aromatic carbocycles. The third kappa shape index (κ3) is 3.33. The van der Waals surface area contributed by atoms with Gasteiger partial charge in [-0.3, -0.25) is 14.4 Å². The molecule has 0 atom stereocenters. The summed E-state index contributed by atoms with van der Waals surface area (Å²) in [6.45, 7) is 0.0444. The SMILES string of the molecule is COc1ccccc1N(C)CC(=O)Nc1cccc2c1C(=O)c1ccccc1C2=O. The highest BCUT2D eigenvalue weighted by Gasteiger charge is 2.31. The molecule has 4 rings (SSSR count). The number of carbonyl (C=O) groups is 3. The molecule has 1 aliphatic carbocycles. The van der Waals surface area contributed by atoms with Gasteiger partial charge in [-0.25, -0.2) is 0 Å². The van der Waals surface area contributed by atoms with Gasteiger partial charge in [0.1, 0.15) is 5.75 Å². The summed E-state index contributed by atoms with van der Waals surface area (Å²) in [7, 11) is 3.35. The molecule has 0 heterocycles. The first kappa shape index (κ1) is 19.4. The third-order valence-electron chi connectivity index (χ3n) is 5.10. The number of carbonyl (C=O) groups excluding carboxylic acids is 3. The highest BCUT2D eigenvalue weighted by Crippen LogP contribution is 2.32. The Bertz CT molecular complexity index is 1170. The number of hydrogen-bond donors (Lipinski definition) is 1. The maximum Gasteiger partial charge on any atom is 0.243 e. The van der Waals surface area contributed by atoms with Crippen molar-refractivity contribution < 1.29 is 19.1 Å². The molecule has 1 amide bonds. The number of para-hydroxylation sites is 2. The van der Waals surface area contributed by atoms with Crippen LogP contribution in [0.5, 0.6) is 5.75 Å². The zero-order valence-corrected chi connectivity index (χ0v) is 16.6. The second kappa shape index (κ2) is 7.83. The second-order valence-electron chi connectivity index (χ2n) is 7.01. The van der Waals surface area contributed by atoms with Crippen molar-refractivity contribution in [3.05, 3.63) is 89.0 Å². The topological polar surface area (TPSA) is 75.7 Å². The zero-order chi connectivity index (χ0) is 21.3. The van der Waals surface area contributed by atoms with E-state index in [1.807, 2.05) is 24.3 Å². The quantitative estimate of drug-likeness (QED) is 0.555. The molecule has 0 radical (unpaired) electrons. The fourth-order valence-electron chi connectivity index (χ4n) is 3.68. The van der Waals surface area contributed by atoms with Crippen molar-refractivity contribution in [2.24, 2.45) is 0 Å². The fraction of sp³-hybridized carbons (Fsp3) is 0.125. The molecule has 1 N–H and O–H groups in total. The number of nitrogens with zero attached hydrogens (tertiary/aromatic N) is 1. The molecule has 6 nitrogen and oxygen atoms in total. The van der Waals surface area contributed by atoms with Crippen molar-refractivity contribution in [2.75, 3.05) is 30.9 Å². The number of ether oxygens (including phenoxy) is 1. The normalized spacial score (nSPS) is 12.1. The molecule has 6 heteroatoms. The van der Waals surface area contributed by atoms with E-state index in [2.05, 4.69) is 5.32 Å². The predicted octanol–water partition coefficient (Wildman–Crippen LogP) is 3.55. The minimum Gasteiger partial charge on any atom is -0.495 e. The van der Waals surface area contributed by atoms with Crippen LogP contribution in [0.15, 0.2) is 66.7 Å². The van der Waals surface area contributed by atoms with Crippen LogP contribution in [0.2, 0.25) is 0 Å².